The van der Waals surface area contributed by atoms with Crippen molar-refractivity contribution in [3.05, 3.63) is 52.1 Å². The number of benzene rings is 1. The Balaban J connectivity index is 1.18. The Morgan fingerprint density at radius 3 is 2.76 bits per heavy atom. The molecular formula is C34H30F5N9O4S2. The number of ether oxygens (including phenoxy) is 1. The highest BCUT2D eigenvalue weighted by Gasteiger charge is 2.49. The summed E-state index contributed by atoms with van der Waals surface area (Å²) in [6.07, 6.45) is 3.45. The van der Waals surface area contributed by atoms with E-state index < -0.39 is 64.3 Å². The van der Waals surface area contributed by atoms with Gasteiger partial charge in [0.05, 0.1) is 26.7 Å². The van der Waals surface area contributed by atoms with Crippen LogP contribution in [0.2, 0.25) is 0 Å². The van der Waals surface area contributed by atoms with Gasteiger partial charge in [-0.2, -0.15) is 9.97 Å². The first-order valence-electron chi connectivity index (χ1n) is 16.9. The largest absolute Gasteiger partial charge is 0.465 e. The van der Waals surface area contributed by atoms with E-state index >= 15 is 8.78 Å². The number of carbonyl (C=O) groups is 2. The highest BCUT2D eigenvalue weighted by atomic mass is 32.1. The van der Waals surface area contributed by atoms with Crippen LogP contribution in [-0.2, 0) is 4.79 Å². The number of likely N-dealkylation sites (N-methyl/N-ethyl adjacent to an activating group) is 1. The molecule has 8 rings (SSSR count). The van der Waals surface area contributed by atoms with Gasteiger partial charge in [0.25, 0.3) is 5.91 Å². The summed E-state index contributed by atoms with van der Waals surface area (Å²) in [5, 5.41) is 13.0. The monoisotopic (exact) mass is 787 g/mol. The fraction of sp³-hybridized carbons (Fsp3) is 0.382. The topological polar surface area (TPSA) is 150 Å². The Morgan fingerprint density at radius 1 is 1.15 bits per heavy atom. The van der Waals surface area contributed by atoms with Crippen molar-refractivity contribution in [2.75, 3.05) is 50.1 Å². The van der Waals surface area contributed by atoms with Crippen molar-refractivity contribution in [3.8, 4) is 17.3 Å². The summed E-state index contributed by atoms with van der Waals surface area (Å²) in [5.41, 5.74) is -2.38. The van der Waals surface area contributed by atoms with Crippen molar-refractivity contribution in [3.63, 3.8) is 0 Å². The molecule has 1 unspecified atom stereocenters. The van der Waals surface area contributed by atoms with Crippen LogP contribution in [0.5, 0.6) is 6.01 Å². The Kier molecular flexibility index (Phi) is 9.29. The first-order valence-corrected chi connectivity index (χ1v) is 18.6. The van der Waals surface area contributed by atoms with Gasteiger partial charge < -0.3 is 19.6 Å². The number of alkyl halides is 1. The molecule has 4 aromatic heterocycles. The predicted octanol–water partition coefficient (Wildman–Crippen LogP) is 6.27. The summed E-state index contributed by atoms with van der Waals surface area (Å²) >= 11 is 1.78. The van der Waals surface area contributed by atoms with Crippen LogP contribution in [0, 0.1) is 17.5 Å². The highest BCUT2D eigenvalue weighted by molar-refractivity contribution is 7.22. The minimum absolute atomic E-state index is 0.0173. The molecule has 13 nitrogen and oxygen atoms in total. The van der Waals surface area contributed by atoms with Gasteiger partial charge in [-0.1, -0.05) is 11.3 Å². The molecule has 7 heterocycles. The maximum Gasteiger partial charge on any atom is 0.410 e. The lowest BCUT2D eigenvalue weighted by atomic mass is 9.95. The second-order valence-corrected chi connectivity index (χ2v) is 15.3. The van der Waals surface area contributed by atoms with Crippen LogP contribution in [0.4, 0.5) is 37.7 Å². The number of pyridine rings is 1. The van der Waals surface area contributed by atoms with Gasteiger partial charge in [0.1, 0.15) is 46.4 Å². The third-order valence-corrected chi connectivity index (χ3v) is 11.8. The molecule has 1 aromatic carbocycles. The molecule has 3 atom stereocenters. The van der Waals surface area contributed by atoms with Gasteiger partial charge >= 0.3 is 12.1 Å². The number of nitrogens with one attached hydrogen (secondary N) is 1. The molecule has 54 heavy (non-hydrogen) atoms. The van der Waals surface area contributed by atoms with Crippen LogP contribution in [0.25, 0.3) is 38.5 Å². The fourth-order valence-electron chi connectivity index (χ4n) is 7.60. The van der Waals surface area contributed by atoms with Crippen LogP contribution in [0.3, 0.4) is 0 Å². The van der Waals surface area contributed by atoms with E-state index in [1.165, 1.54) is 28.6 Å². The van der Waals surface area contributed by atoms with E-state index in [2.05, 4.69) is 24.9 Å². The minimum Gasteiger partial charge on any atom is -0.465 e. The third-order valence-electron chi connectivity index (χ3n) is 10.1. The number of nitrogens with zero attached hydrogens (tertiary/aromatic N) is 8. The molecule has 282 valence electrons. The number of aromatic nitrogens is 5. The summed E-state index contributed by atoms with van der Waals surface area (Å²) in [5.74, 6) is -4.98. The van der Waals surface area contributed by atoms with Gasteiger partial charge in [0.15, 0.2) is 16.8 Å². The summed E-state index contributed by atoms with van der Waals surface area (Å²) in [6.45, 7) is 1.30. The number of halogens is 5. The van der Waals surface area contributed by atoms with Gasteiger partial charge in [-0.3, -0.25) is 20.0 Å². The average molecular weight is 788 g/mol. The Hall–Kier alpha value is -5.08. The van der Waals surface area contributed by atoms with Crippen molar-refractivity contribution < 1.29 is 41.4 Å². The highest BCUT2D eigenvalue weighted by Crippen LogP contribution is 2.42. The van der Waals surface area contributed by atoms with Crippen LogP contribution in [0.15, 0.2) is 29.7 Å². The van der Waals surface area contributed by atoms with E-state index in [0.29, 0.717) is 41.8 Å². The number of likely N-dealkylation sites (tertiary alicyclic amines) is 1. The van der Waals surface area contributed by atoms with Crippen LogP contribution in [-0.4, -0.2) is 109 Å². The van der Waals surface area contributed by atoms with E-state index in [1.54, 1.807) is 17.3 Å². The smallest absolute Gasteiger partial charge is 0.410 e. The molecule has 3 fully saturated rings. The van der Waals surface area contributed by atoms with Crippen molar-refractivity contribution in [1.82, 2.24) is 34.7 Å². The molecule has 0 spiro atoms. The van der Waals surface area contributed by atoms with E-state index in [1.807, 2.05) is 10.2 Å². The molecule has 0 aliphatic carbocycles. The van der Waals surface area contributed by atoms with Crippen LogP contribution >= 0.6 is 22.7 Å². The van der Waals surface area contributed by atoms with Crippen molar-refractivity contribution in [2.24, 2.45) is 0 Å². The molecule has 5 aromatic rings. The standard InChI is InChI=1S/C34H30F5N9O4S2/c1-46(17-3-7-47(14-17)30(49)21(38)10-22-40-5-8-53-22)29-18-12-41-26(23-19(36)9-20(37)28-27(23)43-32(54-28)45-33(50)51)24(39)25(18)42-31(44-29)52-15-34-4-2-6-48(34)13-16(35)11-34/h5,8-10,12,16-17H,2-4,6-7,11,13-15H2,1H3,(H,43,45)(H,50,51)/b21-10-/t16?,17-,34+/m1/s1. The Morgan fingerprint density at radius 2 is 1.98 bits per heavy atom. The normalized spacial score (nSPS) is 21.7. The molecule has 3 aliphatic rings. The molecular weight excluding hydrogens is 758 g/mol. The zero-order chi connectivity index (χ0) is 37.9. The number of amides is 2. The maximum absolute atomic E-state index is 16.8. The number of hydrogen-bond acceptors (Lipinski definition) is 12. The van der Waals surface area contributed by atoms with Crippen LogP contribution < -0.4 is 15.0 Å². The van der Waals surface area contributed by atoms with E-state index in [-0.39, 0.29) is 70.7 Å². The summed E-state index contributed by atoms with van der Waals surface area (Å²) < 4.78 is 82.6. The fourth-order valence-corrected chi connectivity index (χ4v) is 9.03. The van der Waals surface area contributed by atoms with Crippen LogP contribution in [0.1, 0.15) is 30.7 Å². The SMILES string of the molecule is CN(c1nc(OC[C@@]23CCCN2CC(F)C3)nc2c(F)c(-c3c(F)cc(F)c4sc(NC(=O)O)nc34)ncc12)[C@@H]1CCN(C(=O)/C(F)=C/c2nccs2)C1. The predicted molar refractivity (Wildman–Crippen MR) is 191 cm³/mol. The van der Waals surface area contributed by atoms with Crippen molar-refractivity contribution in [2.45, 2.75) is 43.4 Å². The second kappa shape index (κ2) is 14.0. The minimum atomic E-state index is -1.49. The van der Waals surface area contributed by atoms with Gasteiger partial charge in [-0.25, -0.2) is 36.7 Å². The lowest BCUT2D eigenvalue weighted by Crippen LogP contribution is -2.43. The number of anilines is 2. The second-order valence-electron chi connectivity index (χ2n) is 13.4. The van der Waals surface area contributed by atoms with Gasteiger partial charge in [0, 0.05) is 69.1 Å². The molecule has 3 saturated heterocycles. The maximum atomic E-state index is 16.8. The number of carbonyl (C=O) groups excluding carboxylic acids is 1. The number of carboxylic acid groups (broad SMARTS) is 1. The summed E-state index contributed by atoms with van der Waals surface area (Å²) in [6, 6.07) is -0.141. The number of hydrogen-bond donors (Lipinski definition) is 2. The quantitative estimate of drug-likeness (QED) is 0.129. The molecule has 0 radical (unpaired) electrons. The van der Waals surface area contributed by atoms with Crippen molar-refractivity contribution >= 4 is 72.8 Å². The summed E-state index contributed by atoms with van der Waals surface area (Å²) in [4.78, 5) is 50.5. The number of thiazole rings is 2. The third kappa shape index (κ3) is 6.44. The van der Waals surface area contributed by atoms with Gasteiger partial charge in [-0.05, 0) is 25.8 Å². The Bertz CT molecular complexity index is 2330. The zero-order valence-corrected chi connectivity index (χ0v) is 30.0. The summed E-state index contributed by atoms with van der Waals surface area (Å²) in [7, 11) is 1.66. The molecule has 0 bridgehead atoms. The molecule has 20 heteroatoms. The molecule has 0 saturated carbocycles. The van der Waals surface area contributed by atoms with Gasteiger partial charge in [-0.15, -0.1) is 11.3 Å². The molecule has 2 N–H and O–H groups in total. The lowest BCUT2D eigenvalue weighted by Gasteiger charge is -2.31. The zero-order valence-electron chi connectivity index (χ0n) is 28.4. The van der Waals surface area contributed by atoms with Gasteiger partial charge in [0.2, 0.25) is 0 Å². The van der Waals surface area contributed by atoms with Crippen molar-refractivity contribution in [1.29, 1.82) is 0 Å². The van der Waals surface area contributed by atoms with E-state index in [9.17, 15) is 22.8 Å². The van der Waals surface area contributed by atoms with E-state index in [4.69, 9.17) is 9.84 Å². The first-order chi connectivity index (χ1) is 25.9. The molecule has 2 amide bonds. The van der Waals surface area contributed by atoms with E-state index in [0.717, 1.165) is 12.5 Å². The Labute approximate surface area is 311 Å². The number of fused-ring (bicyclic) bond motifs is 3. The average Bonchev–Trinajstić information content (AvgIpc) is 3.97. The first kappa shape index (κ1) is 35.9. The number of rotatable bonds is 9. The molecule has 3 aliphatic heterocycles. The lowest BCUT2D eigenvalue weighted by molar-refractivity contribution is -0.127.